The van der Waals surface area contributed by atoms with Crippen molar-refractivity contribution in [1.29, 1.82) is 0 Å². The molecule has 1 fully saturated rings. The van der Waals surface area contributed by atoms with Gasteiger partial charge in [-0.1, -0.05) is 55.1 Å². The van der Waals surface area contributed by atoms with Crippen LogP contribution in [0.5, 0.6) is 17.2 Å². The minimum absolute atomic E-state index is 0.00458. The Morgan fingerprint density at radius 2 is 1.72 bits per heavy atom. The highest BCUT2D eigenvalue weighted by Gasteiger charge is 2.14. The van der Waals surface area contributed by atoms with Crippen LogP contribution in [-0.2, 0) is 11.2 Å². The molecule has 0 heterocycles. The third kappa shape index (κ3) is 6.17. The van der Waals surface area contributed by atoms with Crippen LogP contribution in [0, 0.1) is 5.92 Å². The van der Waals surface area contributed by atoms with E-state index in [-0.39, 0.29) is 5.91 Å². The van der Waals surface area contributed by atoms with Crippen LogP contribution in [0.4, 0.5) is 0 Å². The van der Waals surface area contributed by atoms with E-state index in [1.54, 1.807) is 0 Å². The average Bonchev–Trinajstić information content (AvgIpc) is 2.80. The first kappa shape index (κ1) is 22.5. The molecule has 0 bridgehead atoms. The molecular weight excluding hydrogens is 422 g/mol. The van der Waals surface area contributed by atoms with Crippen molar-refractivity contribution in [2.75, 3.05) is 13.2 Å². The molecule has 3 aromatic carbocycles. The van der Waals surface area contributed by atoms with Gasteiger partial charge in [-0.05, 0) is 65.8 Å². The van der Waals surface area contributed by atoms with Crippen LogP contribution in [-0.4, -0.2) is 19.1 Å². The molecule has 0 unspecified atom stereocenters. The van der Waals surface area contributed by atoms with Crippen molar-refractivity contribution in [1.82, 2.24) is 5.32 Å². The van der Waals surface area contributed by atoms with Gasteiger partial charge in [0.2, 0.25) is 5.91 Å². The smallest absolute Gasteiger partial charge is 0.216 e. The Hall–Kier alpha value is -2.72. The van der Waals surface area contributed by atoms with Gasteiger partial charge in [0.15, 0.2) is 0 Å². The summed E-state index contributed by atoms with van der Waals surface area (Å²) in [6, 6.07) is 17.9. The van der Waals surface area contributed by atoms with Gasteiger partial charge in [0.25, 0.3) is 0 Å². The first-order valence-electron chi connectivity index (χ1n) is 11.4. The first-order valence-corrected chi connectivity index (χ1v) is 11.8. The van der Waals surface area contributed by atoms with E-state index in [1.165, 1.54) is 44.6 Å². The lowest BCUT2D eigenvalue weighted by Gasteiger charge is -2.21. The molecule has 168 valence electrons. The van der Waals surface area contributed by atoms with E-state index < -0.39 is 0 Å². The molecule has 0 aromatic heterocycles. The largest absolute Gasteiger partial charge is 0.493 e. The number of carbonyl (C=O) groups is 1. The Kier molecular flexibility index (Phi) is 7.54. The highest BCUT2D eigenvalue weighted by Crippen LogP contribution is 2.34. The molecule has 0 aliphatic heterocycles. The van der Waals surface area contributed by atoms with E-state index in [1.807, 2.05) is 36.4 Å². The maximum absolute atomic E-state index is 11.0. The zero-order valence-electron chi connectivity index (χ0n) is 18.5. The number of hydrogen-bond donors (Lipinski definition) is 1. The van der Waals surface area contributed by atoms with Gasteiger partial charge in [-0.15, -0.1) is 0 Å². The predicted octanol–water partition coefficient (Wildman–Crippen LogP) is 6.92. The van der Waals surface area contributed by atoms with Crippen molar-refractivity contribution >= 4 is 28.3 Å². The molecule has 0 radical (unpaired) electrons. The van der Waals surface area contributed by atoms with Crippen LogP contribution in [0.25, 0.3) is 10.8 Å². The van der Waals surface area contributed by atoms with Crippen LogP contribution in [0.15, 0.2) is 54.6 Å². The summed E-state index contributed by atoms with van der Waals surface area (Å²) in [5, 5.41) is 5.60. The second-order valence-corrected chi connectivity index (χ2v) is 8.99. The summed E-state index contributed by atoms with van der Waals surface area (Å²) >= 11 is 6.48. The minimum atomic E-state index is -0.00458. The van der Waals surface area contributed by atoms with Gasteiger partial charge in [-0.2, -0.15) is 0 Å². The maximum Gasteiger partial charge on any atom is 0.216 e. The van der Waals surface area contributed by atoms with E-state index in [0.717, 1.165) is 35.3 Å². The molecule has 1 aliphatic rings. The van der Waals surface area contributed by atoms with Crippen LogP contribution < -0.4 is 14.8 Å². The number of rotatable bonds is 8. The number of nitrogens with one attached hydrogen (secondary N) is 1. The Labute approximate surface area is 194 Å². The van der Waals surface area contributed by atoms with E-state index >= 15 is 0 Å². The second kappa shape index (κ2) is 10.7. The maximum atomic E-state index is 11.0. The third-order valence-corrected chi connectivity index (χ3v) is 6.30. The topological polar surface area (TPSA) is 47.6 Å². The van der Waals surface area contributed by atoms with Crippen molar-refractivity contribution in [3.05, 3.63) is 65.2 Å². The number of carbonyl (C=O) groups excluding carboxylic acids is 1. The summed E-state index contributed by atoms with van der Waals surface area (Å²) in [7, 11) is 0. The van der Waals surface area contributed by atoms with Gasteiger partial charge in [0.05, 0.1) is 11.6 Å². The third-order valence-electron chi connectivity index (χ3n) is 6.01. The number of amides is 1. The summed E-state index contributed by atoms with van der Waals surface area (Å²) < 4.78 is 12.0. The standard InChI is InChI=1S/C27H30ClNO3/c1-19(30)29-14-13-20-7-8-23-16-25(10-9-22(23)15-20)32-27-12-11-24(17-26(27)28)31-18-21-5-3-2-4-6-21/h7-12,15-17,21H,2-6,13-14,18H2,1H3,(H,29,30). The molecule has 5 heteroatoms. The second-order valence-electron chi connectivity index (χ2n) is 8.59. The summed E-state index contributed by atoms with van der Waals surface area (Å²) in [6.07, 6.45) is 7.29. The quantitative estimate of drug-likeness (QED) is 0.404. The van der Waals surface area contributed by atoms with E-state index in [9.17, 15) is 4.79 Å². The summed E-state index contributed by atoms with van der Waals surface area (Å²) in [6.45, 7) is 2.93. The Balaban J connectivity index is 1.38. The molecule has 1 N–H and O–H groups in total. The summed E-state index contributed by atoms with van der Waals surface area (Å²) in [5.74, 6) is 2.79. The number of halogens is 1. The number of hydrogen-bond acceptors (Lipinski definition) is 3. The van der Waals surface area contributed by atoms with Crippen molar-refractivity contribution < 1.29 is 14.3 Å². The molecular formula is C27H30ClNO3. The van der Waals surface area contributed by atoms with Crippen LogP contribution in [0.1, 0.15) is 44.6 Å². The van der Waals surface area contributed by atoms with E-state index in [2.05, 4.69) is 23.5 Å². The minimum Gasteiger partial charge on any atom is -0.493 e. The molecule has 0 spiro atoms. The van der Waals surface area contributed by atoms with Crippen LogP contribution >= 0.6 is 11.6 Å². The van der Waals surface area contributed by atoms with Gasteiger partial charge in [0.1, 0.15) is 17.2 Å². The lowest BCUT2D eigenvalue weighted by molar-refractivity contribution is -0.118. The van der Waals surface area contributed by atoms with Crippen molar-refractivity contribution in [3.63, 3.8) is 0 Å². The van der Waals surface area contributed by atoms with Crippen molar-refractivity contribution in [2.24, 2.45) is 5.92 Å². The molecule has 1 saturated carbocycles. The fourth-order valence-corrected chi connectivity index (χ4v) is 4.43. The van der Waals surface area contributed by atoms with Gasteiger partial charge in [-0.3, -0.25) is 4.79 Å². The number of fused-ring (bicyclic) bond motifs is 1. The van der Waals surface area contributed by atoms with E-state index in [4.69, 9.17) is 21.1 Å². The monoisotopic (exact) mass is 451 g/mol. The molecule has 1 aliphatic carbocycles. The normalized spacial score (nSPS) is 14.3. The predicted molar refractivity (Wildman–Crippen MR) is 130 cm³/mol. The highest BCUT2D eigenvalue weighted by molar-refractivity contribution is 6.32. The number of ether oxygens (including phenoxy) is 2. The lowest BCUT2D eigenvalue weighted by Crippen LogP contribution is -2.22. The van der Waals surface area contributed by atoms with E-state index in [0.29, 0.717) is 23.2 Å². The van der Waals surface area contributed by atoms with Gasteiger partial charge in [-0.25, -0.2) is 0 Å². The first-order chi connectivity index (χ1) is 15.6. The molecule has 0 saturated heterocycles. The zero-order chi connectivity index (χ0) is 22.3. The fraction of sp³-hybridized carbons (Fsp3) is 0.370. The summed E-state index contributed by atoms with van der Waals surface area (Å²) in [4.78, 5) is 11.0. The molecule has 4 nitrogen and oxygen atoms in total. The van der Waals surface area contributed by atoms with Crippen molar-refractivity contribution in [3.8, 4) is 17.2 Å². The molecule has 3 aromatic rings. The van der Waals surface area contributed by atoms with Crippen LogP contribution in [0.2, 0.25) is 5.02 Å². The summed E-state index contributed by atoms with van der Waals surface area (Å²) in [5.41, 5.74) is 1.19. The Morgan fingerprint density at radius 1 is 0.969 bits per heavy atom. The SMILES string of the molecule is CC(=O)NCCc1ccc2cc(Oc3ccc(OCC4CCCCC4)cc3Cl)ccc2c1. The Morgan fingerprint density at radius 3 is 2.50 bits per heavy atom. The van der Waals surface area contributed by atoms with Crippen molar-refractivity contribution in [2.45, 2.75) is 45.4 Å². The van der Waals surface area contributed by atoms with Gasteiger partial charge in [0, 0.05) is 19.5 Å². The average molecular weight is 452 g/mol. The lowest BCUT2D eigenvalue weighted by atomic mass is 9.90. The molecule has 32 heavy (non-hydrogen) atoms. The Bertz CT molecular complexity index is 1080. The number of benzene rings is 3. The fourth-order valence-electron chi connectivity index (χ4n) is 4.22. The molecule has 0 atom stereocenters. The van der Waals surface area contributed by atoms with Gasteiger partial charge >= 0.3 is 0 Å². The molecule has 4 rings (SSSR count). The highest BCUT2D eigenvalue weighted by atomic mass is 35.5. The zero-order valence-corrected chi connectivity index (χ0v) is 19.3. The van der Waals surface area contributed by atoms with Crippen LogP contribution in [0.3, 0.4) is 0 Å². The molecule has 1 amide bonds. The van der Waals surface area contributed by atoms with Gasteiger partial charge < -0.3 is 14.8 Å².